The maximum Gasteiger partial charge on any atom is 0.222 e. The first-order valence-electron chi connectivity index (χ1n) is 11.6. The van der Waals surface area contributed by atoms with E-state index in [0.717, 1.165) is 53.2 Å². The lowest BCUT2D eigenvalue weighted by molar-refractivity contribution is -0.0937. The van der Waals surface area contributed by atoms with Crippen molar-refractivity contribution >= 4 is 22.8 Å². The van der Waals surface area contributed by atoms with Crippen LogP contribution < -0.4 is 21.5 Å². The number of methoxy groups -OCH3 is 1. The van der Waals surface area contributed by atoms with Crippen LogP contribution in [0.3, 0.4) is 0 Å². The third-order valence-corrected chi connectivity index (χ3v) is 6.21. The Labute approximate surface area is 194 Å². The lowest BCUT2D eigenvalue weighted by Gasteiger charge is -2.46. The van der Waals surface area contributed by atoms with Gasteiger partial charge >= 0.3 is 0 Å². The summed E-state index contributed by atoms with van der Waals surface area (Å²) in [5.41, 5.74) is 14.8. The van der Waals surface area contributed by atoms with Crippen LogP contribution in [0.2, 0.25) is 0 Å². The van der Waals surface area contributed by atoms with Crippen LogP contribution in [0.4, 0.5) is 11.8 Å². The first kappa shape index (κ1) is 23.3. The van der Waals surface area contributed by atoms with E-state index in [4.69, 9.17) is 16.2 Å². The summed E-state index contributed by atoms with van der Waals surface area (Å²) >= 11 is 0. The molecule has 9 nitrogen and oxygen atoms in total. The van der Waals surface area contributed by atoms with E-state index < -0.39 is 5.60 Å². The van der Waals surface area contributed by atoms with Crippen molar-refractivity contribution in [1.82, 2.24) is 19.4 Å². The third kappa shape index (κ3) is 5.21. The quantitative estimate of drug-likeness (QED) is 0.325. The number of hydrogen-bond donors (Lipinski definition) is 4. The number of nitrogens with one attached hydrogen (secondary N) is 1. The number of β-amino-alcohol motifs (C(OH)–C–C–N with tert-alkyl or cyclic N) is 1. The Morgan fingerprint density at radius 2 is 2.00 bits per heavy atom. The van der Waals surface area contributed by atoms with Crippen LogP contribution in [0.25, 0.3) is 11.0 Å². The summed E-state index contributed by atoms with van der Waals surface area (Å²) in [6.07, 6.45) is 5.43. The van der Waals surface area contributed by atoms with Crippen LogP contribution in [-0.2, 0) is 13.1 Å². The highest BCUT2D eigenvalue weighted by molar-refractivity contribution is 5.87. The molecule has 4 rings (SSSR count). The van der Waals surface area contributed by atoms with Gasteiger partial charge in [-0.3, -0.25) is 4.90 Å². The number of nitrogens with two attached hydrogens (primary N) is 2. The molecule has 6 N–H and O–H groups in total. The molecule has 3 aromatic rings. The van der Waals surface area contributed by atoms with Crippen molar-refractivity contribution in [1.29, 1.82) is 0 Å². The minimum absolute atomic E-state index is 0.271. The second-order valence-corrected chi connectivity index (χ2v) is 8.96. The summed E-state index contributed by atoms with van der Waals surface area (Å²) in [5, 5.41) is 13.6. The number of aliphatic hydroxyl groups is 1. The predicted octanol–water partition coefficient (Wildman–Crippen LogP) is 2.18. The second-order valence-electron chi connectivity index (χ2n) is 8.96. The summed E-state index contributed by atoms with van der Waals surface area (Å²) in [7, 11) is 1.69. The number of anilines is 2. The molecule has 1 aliphatic rings. The fourth-order valence-electron chi connectivity index (χ4n) is 4.45. The summed E-state index contributed by atoms with van der Waals surface area (Å²) in [5.74, 6) is 1.87. The minimum atomic E-state index is -0.743. The van der Waals surface area contributed by atoms with E-state index in [1.54, 1.807) is 7.11 Å². The molecule has 0 spiro atoms. The molecule has 2 aromatic heterocycles. The van der Waals surface area contributed by atoms with Crippen LogP contribution >= 0.6 is 0 Å². The highest BCUT2D eigenvalue weighted by Gasteiger charge is 2.39. The molecule has 3 heterocycles. The Balaban J connectivity index is 1.52. The average Bonchev–Trinajstić information content (AvgIpc) is 3.18. The zero-order valence-electron chi connectivity index (χ0n) is 19.5. The molecule has 0 radical (unpaired) electrons. The van der Waals surface area contributed by atoms with Gasteiger partial charge in [-0.05, 0) is 24.1 Å². The molecule has 0 bridgehead atoms. The molecule has 178 valence electrons. The molecule has 33 heavy (non-hydrogen) atoms. The molecule has 1 aliphatic heterocycles. The third-order valence-electron chi connectivity index (χ3n) is 6.21. The largest absolute Gasteiger partial charge is 0.496 e. The van der Waals surface area contributed by atoms with Crippen molar-refractivity contribution in [3.63, 3.8) is 0 Å². The van der Waals surface area contributed by atoms with Crippen molar-refractivity contribution in [3.8, 4) is 5.75 Å². The van der Waals surface area contributed by atoms with Gasteiger partial charge in [-0.15, -0.1) is 0 Å². The maximum absolute atomic E-state index is 10.1. The Kier molecular flexibility index (Phi) is 7.02. The summed E-state index contributed by atoms with van der Waals surface area (Å²) in [4.78, 5) is 11.1. The first-order chi connectivity index (χ1) is 15.9. The topological polar surface area (TPSA) is 127 Å². The highest BCUT2D eigenvalue weighted by Crippen LogP contribution is 2.28. The normalized spacial score (nSPS) is 15.5. The number of likely N-dealkylation sites (tertiary alicyclic amines) is 1. The van der Waals surface area contributed by atoms with Crippen LogP contribution in [0.15, 0.2) is 30.5 Å². The fourth-order valence-corrected chi connectivity index (χ4v) is 4.45. The molecular weight excluding hydrogens is 418 g/mol. The summed E-state index contributed by atoms with van der Waals surface area (Å²) in [6.45, 7) is 5.90. The van der Waals surface area contributed by atoms with E-state index in [2.05, 4.69) is 49.9 Å². The SMILES string of the molecule is CCCCCNc1nc(N)nc2ccn(Cc3ccc(CN4CC(O)(CN)C4)cc3OC)c12. The van der Waals surface area contributed by atoms with Crippen molar-refractivity contribution in [2.75, 3.05) is 44.3 Å². The molecule has 1 aromatic carbocycles. The number of fused-ring (bicyclic) bond motifs is 1. The van der Waals surface area contributed by atoms with Gasteiger partial charge in [0.25, 0.3) is 0 Å². The number of benzene rings is 1. The van der Waals surface area contributed by atoms with Crippen LogP contribution in [0.5, 0.6) is 5.75 Å². The molecule has 1 saturated heterocycles. The van der Waals surface area contributed by atoms with Gasteiger partial charge in [0.1, 0.15) is 16.9 Å². The maximum atomic E-state index is 10.1. The lowest BCUT2D eigenvalue weighted by Crippen LogP contribution is -2.64. The van der Waals surface area contributed by atoms with Crippen molar-refractivity contribution in [2.45, 2.75) is 44.9 Å². The number of nitrogen functional groups attached to an aromatic ring is 1. The fraction of sp³-hybridized carbons (Fsp3) is 0.500. The molecule has 0 unspecified atom stereocenters. The highest BCUT2D eigenvalue weighted by atomic mass is 16.5. The molecule has 1 fully saturated rings. The number of nitrogens with zero attached hydrogens (tertiary/aromatic N) is 4. The Morgan fingerprint density at radius 3 is 2.73 bits per heavy atom. The minimum Gasteiger partial charge on any atom is -0.496 e. The van der Waals surface area contributed by atoms with Crippen molar-refractivity contribution in [2.24, 2.45) is 5.73 Å². The Morgan fingerprint density at radius 1 is 1.18 bits per heavy atom. The van der Waals surface area contributed by atoms with Gasteiger partial charge in [0.2, 0.25) is 5.95 Å². The molecular formula is C24H35N7O2. The second kappa shape index (κ2) is 9.94. The zero-order valence-corrected chi connectivity index (χ0v) is 19.5. The number of hydrogen-bond acceptors (Lipinski definition) is 8. The zero-order chi connectivity index (χ0) is 23.4. The van der Waals surface area contributed by atoms with Gasteiger partial charge in [0.15, 0.2) is 5.82 Å². The molecule has 9 heteroatoms. The van der Waals surface area contributed by atoms with Gasteiger partial charge < -0.3 is 31.2 Å². The van der Waals surface area contributed by atoms with E-state index in [-0.39, 0.29) is 5.95 Å². The van der Waals surface area contributed by atoms with E-state index in [1.165, 1.54) is 12.8 Å². The molecule has 0 aliphatic carbocycles. The van der Waals surface area contributed by atoms with Crippen LogP contribution in [0, 0.1) is 0 Å². The van der Waals surface area contributed by atoms with E-state index in [0.29, 0.717) is 26.2 Å². The molecule has 0 saturated carbocycles. The van der Waals surface area contributed by atoms with E-state index >= 15 is 0 Å². The summed E-state index contributed by atoms with van der Waals surface area (Å²) < 4.78 is 7.85. The molecule has 0 amide bonds. The lowest BCUT2D eigenvalue weighted by atomic mass is 9.93. The smallest absolute Gasteiger partial charge is 0.222 e. The van der Waals surface area contributed by atoms with Gasteiger partial charge in [-0.25, -0.2) is 4.98 Å². The van der Waals surface area contributed by atoms with E-state index in [9.17, 15) is 5.11 Å². The van der Waals surface area contributed by atoms with Gasteiger partial charge in [0, 0.05) is 44.5 Å². The van der Waals surface area contributed by atoms with Gasteiger partial charge in [-0.2, -0.15) is 4.98 Å². The van der Waals surface area contributed by atoms with Crippen molar-refractivity contribution in [3.05, 3.63) is 41.6 Å². The number of unbranched alkanes of at least 4 members (excludes halogenated alkanes) is 2. The standard InChI is InChI=1S/C24H35N7O2/c1-3-4-5-9-27-22-21-19(28-23(26)29-22)8-10-31(21)13-18-7-6-17(11-20(18)33-2)12-30-15-24(32,14-25)16-30/h6-8,10-11,32H,3-5,9,12-16,25H2,1-2H3,(H3,26,27,28,29). The van der Waals surface area contributed by atoms with Crippen LogP contribution in [0.1, 0.15) is 37.3 Å². The van der Waals surface area contributed by atoms with Gasteiger partial charge in [0.05, 0.1) is 19.2 Å². The Bertz CT molecular complexity index is 1090. The van der Waals surface area contributed by atoms with Crippen LogP contribution in [-0.4, -0.2) is 63.4 Å². The van der Waals surface area contributed by atoms with Gasteiger partial charge in [-0.1, -0.05) is 31.9 Å². The average molecular weight is 454 g/mol. The predicted molar refractivity (Wildman–Crippen MR) is 131 cm³/mol. The number of rotatable bonds is 11. The first-order valence-corrected chi connectivity index (χ1v) is 11.6. The number of aromatic nitrogens is 3. The Hall–Kier alpha value is -2.88. The molecule has 0 atom stereocenters. The van der Waals surface area contributed by atoms with E-state index in [1.807, 2.05) is 12.3 Å². The number of ether oxygens (including phenoxy) is 1. The van der Waals surface area contributed by atoms with Crippen molar-refractivity contribution < 1.29 is 9.84 Å². The summed E-state index contributed by atoms with van der Waals surface area (Å²) in [6, 6.07) is 8.25. The monoisotopic (exact) mass is 453 g/mol.